The molecule has 0 aromatic rings. The quantitative estimate of drug-likeness (QED) is 0.506. The van der Waals surface area contributed by atoms with Crippen LogP contribution in [0.15, 0.2) is 0 Å². The van der Waals surface area contributed by atoms with Crippen LogP contribution in [0.4, 0.5) is 0 Å². The van der Waals surface area contributed by atoms with E-state index in [-0.39, 0.29) is 18.8 Å². The van der Waals surface area contributed by atoms with Crippen LogP contribution in [-0.4, -0.2) is 35.1 Å². The fourth-order valence-electron chi connectivity index (χ4n) is 1.10. The van der Waals surface area contributed by atoms with Gasteiger partial charge in [-0.2, -0.15) is 0 Å². The van der Waals surface area contributed by atoms with Crippen molar-refractivity contribution in [3.05, 3.63) is 0 Å². The molecule has 1 heterocycles. The molecule has 3 atom stereocenters. The summed E-state index contributed by atoms with van der Waals surface area (Å²) in [6.45, 7) is 1.81. The first-order valence-corrected chi connectivity index (χ1v) is 3.18. The molecule has 0 bridgehead atoms. The summed E-state index contributed by atoms with van der Waals surface area (Å²) in [6, 6.07) is 0. The minimum absolute atomic E-state index is 0.0779. The standard InChI is InChI=1S/C6H12O3/c1-4-2-5(8)6(3-7)9-4/h4-8H,2-3H2,1H3/t4?,5-,6-/m1/s1. The highest BCUT2D eigenvalue weighted by atomic mass is 16.5. The lowest BCUT2D eigenvalue weighted by molar-refractivity contribution is -0.0170. The Morgan fingerprint density at radius 2 is 2.33 bits per heavy atom. The summed E-state index contributed by atoms with van der Waals surface area (Å²) >= 11 is 0. The van der Waals surface area contributed by atoms with Gasteiger partial charge >= 0.3 is 0 Å². The van der Waals surface area contributed by atoms with E-state index in [1.807, 2.05) is 6.92 Å². The van der Waals surface area contributed by atoms with Crippen molar-refractivity contribution in [3.8, 4) is 0 Å². The van der Waals surface area contributed by atoms with E-state index in [4.69, 9.17) is 14.9 Å². The average Bonchev–Trinajstić information content (AvgIpc) is 2.10. The van der Waals surface area contributed by atoms with Crippen LogP contribution < -0.4 is 0 Å². The largest absolute Gasteiger partial charge is 0.394 e. The van der Waals surface area contributed by atoms with E-state index in [9.17, 15) is 0 Å². The molecule has 0 aromatic heterocycles. The lowest BCUT2D eigenvalue weighted by Gasteiger charge is -2.08. The minimum Gasteiger partial charge on any atom is -0.394 e. The molecule has 0 amide bonds. The Morgan fingerprint density at radius 1 is 1.67 bits per heavy atom. The van der Waals surface area contributed by atoms with Crippen molar-refractivity contribution in [3.63, 3.8) is 0 Å². The molecule has 1 fully saturated rings. The molecule has 1 aliphatic rings. The Bertz CT molecular complexity index is 94.3. The lowest BCUT2D eigenvalue weighted by Crippen LogP contribution is -2.24. The van der Waals surface area contributed by atoms with Gasteiger partial charge in [-0.25, -0.2) is 0 Å². The van der Waals surface area contributed by atoms with Gasteiger partial charge in [-0.1, -0.05) is 0 Å². The molecular weight excluding hydrogens is 120 g/mol. The number of hydrogen-bond acceptors (Lipinski definition) is 3. The first-order valence-electron chi connectivity index (χ1n) is 3.18. The fourth-order valence-corrected chi connectivity index (χ4v) is 1.10. The normalized spacial score (nSPS) is 43.7. The lowest BCUT2D eigenvalue weighted by atomic mass is 10.1. The maximum Gasteiger partial charge on any atom is 0.107 e. The molecule has 1 saturated heterocycles. The van der Waals surface area contributed by atoms with E-state index >= 15 is 0 Å². The monoisotopic (exact) mass is 132 g/mol. The van der Waals surface area contributed by atoms with Gasteiger partial charge in [-0.3, -0.25) is 0 Å². The molecule has 1 unspecified atom stereocenters. The third-order valence-electron chi connectivity index (χ3n) is 1.59. The number of aliphatic hydroxyl groups is 2. The molecule has 2 N–H and O–H groups in total. The van der Waals surface area contributed by atoms with E-state index in [1.54, 1.807) is 0 Å². The van der Waals surface area contributed by atoms with Gasteiger partial charge in [-0.05, 0) is 6.92 Å². The second-order valence-electron chi connectivity index (χ2n) is 2.47. The summed E-state index contributed by atoms with van der Waals surface area (Å²) in [4.78, 5) is 0. The van der Waals surface area contributed by atoms with Crippen molar-refractivity contribution < 1.29 is 14.9 Å². The number of hydrogen-bond donors (Lipinski definition) is 2. The molecule has 1 aliphatic heterocycles. The van der Waals surface area contributed by atoms with E-state index in [0.29, 0.717) is 6.42 Å². The van der Waals surface area contributed by atoms with Gasteiger partial charge in [0.05, 0.1) is 18.8 Å². The van der Waals surface area contributed by atoms with Gasteiger partial charge in [-0.15, -0.1) is 0 Å². The zero-order chi connectivity index (χ0) is 6.85. The highest BCUT2D eigenvalue weighted by molar-refractivity contribution is 4.78. The average molecular weight is 132 g/mol. The Kier molecular flexibility index (Phi) is 2.05. The van der Waals surface area contributed by atoms with Gasteiger partial charge < -0.3 is 14.9 Å². The Balaban J connectivity index is 2.38. The highest BCUT2D eigenvalue weighted by Gasteiger charge is 2.30. The fraction of sp³-hybridized carbons (Fsp3) is 1.00. The molecule has 54 valence electrons. The van der Waals surface area contributed by atoms with E-state index in [2.05, 4.69) is 0 Å². The second-order valence-corrected chi connectivity index (χ2v) is 2.47. The summed E-state index contributed by atoms with van der Waals surface area (Å²) in [6.07, 6.45) is -0.0762. The molecule has 0 saturated carbocycles. The van der Waals surface area contributed by atoms with Crippen LogP contribution in [0.2, 0.25) is 0 Å². The Morgan fingerprint density at radius 3 is 2.56 bits per heavy atom. The number of aliphatic hydroxyl groups excluding tert-OH is 2. The van der Waals surface area contributed by atoms with Crippen molar-refractivity contribution in [1.29, 1.82) is 0 Å². The molecule has 0 radical (unpaired) electrons. The minimum atomic E-state index is -0.468. The third kappa shape index (κ3) is 1.41. The molecule has 0 spiro atoms. The topological polar surface area (TPSA) is 49.7 Å². The van der Waals surface area contributed by atoms with Crippen molar-refractivity contribution in [1.82, 2.24) is 0 Å². The summed E-state index contributed by atoms with van der Waals surface area (Å²) in [5, 5.41) is 17.6. The molecule has 9 heavy (non-hydrogen) atoms. The third-order valence-corrected chi connectivity index (χ3v) is 1.59. The van der Waals surface area contributed by atoms with Crippen LogP contribution in [0.3, 0.4) is 0 Å². The number of ether oxygens (including phenoxy) is 1. The molecule has 0 aliphatic carbocycles. The van der Waals surface area contributed by atoms with Crippen molar-refractivity contribution in [2.75, 3.05) is 6.61 Å². The van der Waals surface area contributed by atoms with Crippen LogP contribution in [0.1, 0.15) is 13.3 Å². The van der Waals surface area contributed by atoms with Crippen LogP contribution in [0.25, 0.3) is 0 Å². The van der Waals surface area contributed by atoms with Crippen molar-refractivity contribution in [2.45, 2.75) is 31.7 Å². The zero-order valence-electron chi connectivity index (χ0n) is 5.45. The Hall–Kier alpha value is -0.120. The summed E-state index contributed by atoms with van der Waals surface area (Å²) in [5.41, 5.74) is 0. The maximum absolute atomic E-state index is 9.07. The van der Waals surface area contributed by atoms with E-state index in [0.717, 1.165) is 0 Å². The predicted molar refractivity (Wildman–Crippen MR) is 32.0 cm³/mol. The highest BCUT2D eigenvalue weighted by Crippen LogP contribution is 2.18. The van der Waals surface area contributed by atoms with Crippen LogP contribution in [0, 0.1) is 0 Å². The SMILES string of the molecule is CC1C[C@@H](O)[C@@H](CO)O1. The molecule has 0 aromatic carbocycles. The Labute approximate surface area is 54.3 Å². The van der Waals surface area contributed by atoms with Crippen LogP contribution >= 0.6 is 0 Å². The summed E-state index contributed by atoms with van der Waals surface area (Å²) < 4.78 is 5.12. The van der Waals surface area contributed by atoms with Crippen molar-refractivity contribution >= 4 is 0 Å². The first-order chi connectivity index (χ1) is 4.24. The molecule has 3 nitrogen and oxygen atoms in total. The smallest absolute Gasteiger partial charge is 0.107 e. The van der Waals surface area contributed by atoms with Crippen molar-refractivity contribution in [2.24, 2.45) is 0 Å². The van der Waals surface area contributed by atoms with Crippen LogP contribution in [0.5, 0.6) is 0 Å². The van der Waals surface area contributed by atoms with Gasteiger partial charge in [0, 0.05) is 6.42 Å². The summed E-state index contributed by atoms with van der Waals surface area (Å²) in [7, 11) is 0. The second kappa shape index (κ2) is 2.64. The zero-order valence-corrected chi connectivity index (χ0v) is 5.45. The first kappa shape index (κ1) is 6.99. The van der Waals surface area contributed by atoms with Gasteiger partial charge in [0.25, 0.3) is 0 Å². The van der Waals surface area contributed by atoms with Crippen LogP contribution in [-0.2, 0) is 4.74 Å². The van der Waals surface area contributed by atoms with E-state index < -0.39 is 6.10 Å². The molecule has 1 rings (SSSR count). The predicted octanol–water partition coefficient (Wildman–Crippen LogP) is -0.483. The van der Waals surface area contributed by atoms with Gasteiger partial charge in [0.1, 0.15) is 6.10 Å². The number of rotatable bonds is 1. The summed E-state index contributed by atoms with van der Waals surface area (Å²) in [5.74, 6) is 0. The molecule has 3 heteroatoms. The van der Waals surface area contributed by atoms with Gasteiger partial charge in [0.15, 0.2) is 0 Å². The van der Waals surface area contributed by atoms with E-state index in [1.165, 1.54) is 0 Å². The van der Waals surface area contributed by atoms with Gasteiger partial charge in [0.2, 0.25) is 0 Å². The molecular formula is C6H12O3. The maximum atomic E-state index is 9.07.